The molecule has 16 heavy (non-hydrogen) atoms. The Bertz CT molecular complexity index is 515. The molecule has 0 fully saturated rings. The van der Waals surface area contributed by atoms with E-state index < -0.39 is 11.7 Å². The van der Waals surface area contributed by atoms with Crippen LogP contribution in [0.15, 0.2) is 18.2 Å². The third-order valence-corrected chi connectivity index (χ3v) is 2.29. The predicted molar refractivity (Wildman–Crippen MR) is 56.5 cm³/mol. The highest BCUT2D eigenvalue weighted by atomic mass is 32.1. The maximum atomic E-state index is 13.1. The number of halogens is 1. The van der Waals surface area contributed by atoms with E-state index in [9.17, 15) is 9.18 Å². The third kappa shape index (κ3) is 2.11. The largest absolute Gasteiger partial charge is 0.396 e. The van der Waals surface area contributed by atoms with E-state index in [4.69, 9.17) is 5.73 Å². The van der Waals surface area contributed by atoms with Crippen LogP contribution in [0, 0.1) is 5.82 Å². The molecule has 6 nitrogen and oxygen atoms in total. The van der Waals surface area contributed by atoms with Crippen LogP contribution in [0.3, 0.4) is 0 Å². The number of benzene rings is 1. The number of amides is 1. The summed E-state index contributed by atoms with van der Waals surface area (Å²) < 4.78 is 16.5. The van der Waals surface area contributed by atoms with Crippen molar-refractivity contribution in [3.05, 3.63) is 29.6 Å². The van der Waals surface area contributed by atoms with E-state index in [1.165, 1.54) is 12.1 Å². The molecular weight excluding hydrogens is 233 g/mol. The summed E-state index contributed by atoms with van der Waals surface area (Å²) in [6, 6.07) is 3.80. The zero-order valence-electron chi connectivity index (χ0n) is 7.85. The van der Waals surface area contributed by atoms with Crippen molar-refractivity contribution >= 4 is 28.3 Å². The molecule has 0 aliphatic heterocycles. The molecule has 0 saturated carbocycles. The van der Waals surface area contributed by atoms with Gasteiger partial charge in [0, 0.05) is 17.1 Å². The molecule has 2 rings (SSSR count). The third-order valence-electron chi connectivity index (χ3n) is 1.78. The van der Waals surface area contributed by atoms with Gasteiger partial charge in [-0.3, -0.25) is 10.1 Å². The van der Waals surface area contributed by atoms with E-state index in [0.29, 0.717) is 0 Å². The SMILES string of the molecule is Nc1ccc(C(=O)Nc2nnns2)cc1F. The molecule has 1 amide bonds. The molecule has 1 aromatic carbocycles. The Hall–Kier alpha value is -2.09. The van der Waals surface area contributed by atoms with Crippen molar-refractivity contribution in [2.75, 3.05) is 11.1 Å². The monoisotopic (exact) mass is 239 g/mol. The van der Waals surface area contributed by atoms with Crippen molar-refractivity contribution in [3.63, 3.8) is 0 Å². The van der Waals surface area contributed by atoms with E-state index in [1.807, 2.05) is 0 Å². The van der Waals surface area contributed by atoms with Gasteiger partial charge in [-0.2, -0.15) is 0 Å². The minimum atomic E-state index is -0.636. The maximum absolute atomic E-state index is 13.1. The van der Waals surface area contributed by atoms with E-state index in [-0.39, 0.29) is 16.4 Å². The number of carbonyl (C=O) groups excluding carboxylic acids is 1. The molecule has 0 bridgehead atoms. The highest BCUT2D eigenvalue weighted by Gasteiger charge is 2.10. The average Bonchev–Trinajstić information content (AvgIpc) is 2.74. The molecule has 0 atom stereocenters. The van der Waals surface area contributed by atoms with E-state index in [1.54, 1.807) is 0 Å². The summed E-state index contributed by atoms with van der Waals surface area (Å²) in [6.07, 6.45) is 0. The summed E-state index contributed by atoms with van der Waals surface area (Å²) in [7, 11) is 0. The number of nitrogens with one attached hydrogen (secondary N) is 1. The van der Waals surface area contributed by atoms with Crippen LogP contribution < -0.4 is 11.1 Å². The van der Waals surface area contributed by atoms with Crippen LogP contribution in [0.1, 0.15) is 10.4 Å². The van der Waals surface area contributed by atoms with Gasteiger partial charge in [0.1, 0.15) is 5.82 Å². The van der Waals surface area contributed by atoms with Crippen LogP contribution in [0.25, 0.3) is 0 Å². The Morgan fingerprint density at radius 2 is 2.31 bits per heavy atom. The van der Waals surface area contributed by atoms with Crippen LogP contribution >= 0.6 is 11.5 Å². The number of anilines is 2. The molecule has 0 spiro atoms. The second-order valence-corrected chi connectivity index (χ2v) is 3.59. The quantitative estimate of drug-likeness (QED) is 0.759. The van der Waals surface area contributed by atoms with Gasteiger partial charge in [0.25, 0.3) is 5.91 Å². The van der Waals surface area contributed by atoms with Crippen LogP contribution in [0.2, 0.25) is 0 Å². The molecule has 0 unspecified atom stereocenters. The highest BCUT2D eigenvalue weighted by Crippen LogP contribution is 2.14. The number of hydrogen-bond donors (Lipinski definition) is 2. The highest BCUT2D eigenvalue weighted by molar-refractivity contribution is 7.09. The van der Waals surface area contributed by atoms with Crippen molar-refractivity contribution < 1.29 is 9.18 Å². The predicted octanol–water partition coefficient (Wildman–Crippen LogP) is 0.907. The number of aromatic nitrogens is 3. The van der Waals surface area contributed by atoms with Crippen LogP contribution in [-0.2, 0) is 0 Å². The first-order valence-electron chi connectivity index (χ1n) is 4.18. The summed E-state index contributed by atoms with van der Waals surface area (Å²) in [6.45, 7) is 0. The Morgan fingerprint density at radius 1 is 1.50 bits per heavy atom. The molecule has 2 aromatic rings. The van der Waals surface area contributed by atoms with Gasteiger partial charge in [0.15, 0.2) is 0 Å². The fraction of sp³-hybridized carbons (Fsp3) is 0. The van der Waals surface area contributed by atoms with E-state index in [2.05, 4.69) is 20.1 Å². The number of hydrogen-bond acceptors (Lipinski definition) is 6. The summed E-state index contributed by atoms with van der Waals surface area (Å²) in [5.41, 5.74) is 5.44. The van der Waals surface area contributed by atoms with Crippen LogP contribution in [0.5, 0.6) is 0 Å². The molecule has 82 valence electrons. The minimum absolute atomic E-state index is 0.00543. The fourth-order valence-corrected chi connectivity index (χ4v) is 1.38. The Labute approximate surface area is 93.4 Å². The van der Waals surface area contributed by atoms with E-state index in [0.717, 1.165) is 17.6 Å². The maximum Gasteiger partial charge on any atom is 0.257 e. The van der Waals surface area contributed by atoms with Crippen LogP contribution in [0.4, 0.5) is 15.2 Å². The van der Waals surface area contributed by atoms with Gasteiger partial charge in [-0.15, -0.1) is 0 Å². The first kappa shape index (κ1) is 10.4. The van der Waals surface area contributed by atoms with Crippen molar-refractivity contribution in [3.8, 4) is 0 Å². The lowest BCUT2D eigenvalue weighted by molar-refractivity contribution is 0.102. The summed E-state index contributed by atoms with van der Waals surface area (Å²) in [5.74, 6) is -1.12. The normalized spacial score (nSPS) is 10.1. The summed E-state index contributed by atoms with van der Waals surface area (Å²) in [4.78, 5) is 11.6. The molecule has 0 saturated heterocycles. The van der Waals surface area contributed by atoms with Gasteiger partial charge in [0.2, 0.25) is 5.13 Å². The van der Waals surface area contributed by atoms with Crippen molar-refractivity contribution in [2.24, 2.45) is 0 Å². The van der Waals surface area contributed by atoms with Gasteiger partial charge >= 0.3 is 0 Å². The lowest BCUT2D eigenvalue weighted by Gasteiger charge is -2.02. The van der Waals surface area contributed by atoms with Crippen molar-refractivity contribution in [1.29, 1.82) is 0 Å². The standard InChI is InChI=1S/C8H6FN5OS/c9-5-3-4(1-2-6(5)10)7(15)11-8-12-13-14-16-8/h1-3H,10H2,(H,11,12,14,15). The number of nitrogens with two attached hydrogens (primary N) is 1. The van der Waals surface area contributed by atoms with Crippen LogP contribution in [-0.4, -0.2) is 20.7 Å². The molecule has 3 N–H and O–H groups in total. The molecule has 0 radical (unpaired) electrons. The molecule has 0 aliphatic rings. The summed E-state index contributed by atoms with van der Waals surface area (Å²) in [5, 5.41) is 9.51. The molecule has 0 aliphatic carbocycles. The lowest BCUT2D eigenvalue weighted by atomic mass is 10.2. The van der Waals surface area contributed by atoms with Gasteiger partial charge in [0.05, 0.1) is 5.69 Å². The summed E-state index contributed by atoms with van der Waals surface area (Å²) >= 11 is 0.931. The fourth-order valence-electron chi connectivity index (χ4n) is 1.02. The Balaban J connectivity index is 2.18. The molecular formula is C8H6FN5OS. The Morgan fingerprint density at radius 3 is 2.94 bits per heavy atom. The smallest absolute Gasteiger partial charge is 0.257 e. The molecule has 1 heterocycles. The van der Waals surface area contributed by atoms with Gasteiger partial charge in [-0.1, -0.05) is 9.59 Å². The van der Waals surface area contributed by atoms with Crippen molar-refractivity contribution in [1.82, 2.24) is 14.8 Å². The first-order chi connectivity index (χ1) is 7.66. The topological polar surface area (TPSA) is 93.8 Å². The zero-order valence-corrected chi connectivity index (χ0v) is 8.66. The van der Waals surface area contributed by atoms with E-state index >= 15 is 0 Å². The Kier molecular flexibility index (Phi) is 2.73. The number of nitrogens with zero attached hydrogens (tertiary/aromatic N) is 3. The van der Waals surface area contributed by atoms with Crippen molar-refractivity contribution in [2.45, 2.75) is 0 Å². The second-order valence-electron chi connectivity index (χ2n) is 2.86. The first-order valence-corrected chi connectivity index (χ1v) is 4.95. The average molecular weight is 239 g/mol. The minimum Gasteiger partial charge on any atom is -0.396 e. The zero-order chi connectivity index (χ0) is 11.5. The van der Waals surface area contributed by atoms with Gasteiger partial charge in [-0.05, 0) is 23.4 Å². The second kappa shape index (κ2) is 4.19. The number of carbonyl (C=O) groups is 1. The number of rotatable bonds is 2. The lowest BCUT2D eigenvalue weighted by Crippen LogP contribution is -2.12. The van der Waals surface area contributed by atoms with Gasteiger partial charge in [-0.25, -0.2) is 4.39 Å². The van der Waals surface area contributed by atoms with Gasteiger partial charge < -0.3 is 5.73 Å². The molecule has 8 heteroatoms. The number of nitrogen functional groups attached to an aromatic ring is 1. The molecule has 1 aromatic heterocycles.